The number of halogens is 1. The van der Waals surface area contributed by atoms with Crippen LogP contribution in [-0.2, 0) is 20.1 Å². The topological polar surface area (TPSA) is 38.7 Å². The summed E-state index contributed by atoms with van der Waals surface area (Å²) < 4.78 is 1.08. The second-order valence-corrected chi connectivity index (χ2v) is 8.71. The standard InChI is InChI=1S/C11H8BrN.2C11H9N.Ir/c12-10-6-2-1-5-9(10)11-7-3-4-8-13-11;2*1-2-6-10(7-3-1)11-8-4-5-9-12-11;/h1-8H;2*1-9H;. The second-order valence-electron chi connectivity index (χ2n) is 7.86. The molecule has 0 aliphatic carbocycles. The number of rotatable bonds is 3. The predicted octanol–water partition coefficient (Wildman–Crippen LogP) is 9.01. The van der Waals surface area contributed by atoms with Gasteiger partial charge in [-0.1, -0.05) is 113 Å². The third-order valence-corrected chi connectivity index (χ3v) is 5.98. The van der Waals surface area contributed by atoms with Crippen molar-refractivity contribution >= 4 is 15.9 Å². The molecule has 3 nitrogen and oxygen atoms in total. The van der Waals surface area contributed by atoms with E-state index in [4.69, 9.17) is 0 Å². The van der Waals surface area contributed by atoms with Gasteiger partial charge in [0.1, 0.15) is 0 Å². The second kappa shape index (κ2) is 16.2. The van der Waals surface area contributed by atoms with Gasteiger partial charge in [-0.05, 0) is 42.5 Å². The van der Waals surface area contributed by atoms with Crippen molar-refractivity contribution < 1.29 is 20.1 Å². The molecule has 0 amide bonds. The van der Waals surface area contributed by atoms with Crippen molar-refractivity contribution in [3.05, 3.63) is 163 Å². The number of pyridine rings is 3. The molecule has 0 saturated heterocycles. The van der Waals surface area contributed by atoms with E-state index in [2.05, 4.69) is 55.1 Å². The minimum absolute atomic E-state index is 0. The van der Waals surface area contributed by atoms with Crippen molar-refractivity contribution in [2.45, 2.75) is 0 Å². The zero-order chi connectivity index (χ0) is 25.5. The van der Waals surface area contributed by atoms with Gasteiger partial charge in [-0.15, -0.1) is 0 Å². The first kappa shape index (κ1) is 28.8. The van der Waals surface area contributed by atoms with Crippen LogP contribution in [0.5, 0.6) is 0 Å². The normalized spacial score (nSPS) is 9.50. The molecule has 6 rings (SSSR count). The number of hydrogen-bond acceptors (Lipinski definition) is 3. The van der Waals surface area contributed by atoms with Gasteiger partial charge in [0.2, 0.25) is 0 Å². The average molecular weight is 737 g/mol. The molecule has 1 radical (unpaired) electrons. The van der Waals surface area contributed by atoms with Crippen LogP contribution in [0.1, 0.15) is 0 Å². The Labute approximate surface area is 246 Å². The SMILES string of the molecule is Brc1ccccc1-c1ccccn1.[Ir].c1ccc(-c2ccccn2)cc1.c1ccc(-c2ccccn2)cc1. The fraction of sp³-hybridized carbons (Fsp3) is 0. The van der Waals surface area contributed by atoms with E-state index in [1.807, 2.05) is 128 Å². The third-order valence-electron chi connectivity index (χ3n) is 5.28. The van der Waals surface area contributed by atoms with Gasteiger partial charge in [-0.2, -0.15) is 0 Å². The van der Waals surface area contributed by atoms with Gasteiger partial charge in [0.15, 0.2) is 0 Å². The number of aromatic nitrogens is 3. The van der Waals surface area contributed by atoms with Crippen molar-refractivity contribution in [1.82, 2.24) is 15.0 Å². The number of hydrogen-bond donors (Lipinski definition) is 0. The minimum Gasteiger partial charge on any atom is -0.256 e. The van der Waals surface area contributed by atoms with Gasteiger partial charge in [0, 0.05) is 59.9 Å². The maximum Gasteiger partial charge on any atom is 0.0713 e. The molecule has 0 aliphatic rings. The summed E-state index contributed by atoms with van der Waals surface area (Å²) in [5.74, 6) is 0. The molecule has 0 spiro atoms. The summed E-state index contributed by atoms with van der Waals surface area (Å²) in [5.41, 5.74) is 6.51. The molecule has 6 aromatic rings. The summed E-state index contributed by atoms with van der Waals surface area (Å²) in [4.78, 5) is 12.8. The largest absolute Gasteiger partial charge is 0.256 e. The maximum absolute atomic E-state index is 4.28. The van der Waals surface area contributed by atoms with Crippen molar-refractivity contribution in [2.24, 2.45) is 0 Å². The van der Waals surface area contributed by atoms with Crippen LogP contribution < -0.4 is 0 Å². The summed E-state index contributed by atoms with van der Waals surface area (Å²) in [6.45, 7) is 0. The van der Waals surface area contributed by atoms with Gasteiger partial charge in [-0.25, -0.2) is 0 Å². The Morgan fingerprint density at radius 2 is 0.737 bits per heavy atom. The molecule has 3 aromatic carbocycles. The van der Waals surface area contributed by atoms with Crippen molar-refractivity contribution in [3.8, 4) is 33.8 Å². The monoisotopic (exact) mass is 736 g/mol. The molecule has 0 fully saturated rings. The molecule has 0 atom stereocenters. The van der Waals surface area contributed by atoms with Crippen molar-refractivity contribution in [3.63, 3.8) is 0 Å². The predicted molar refractivity (Wildman–Crippen MR) is 157 cm³/mol. The van der Waals surface area contributed by atoms with Crippen LogP contribution in [0.3, 0.4) is 0 Å². The van der Waals surface area contributed by atoms with Gasteiger partial charge in [-0.3, -0.25) is 15.0 Å². The maximum atomic E-state index is 4.28. The molecule has 189 valence electrons. The van der Waals surface area contributed by atoms with Gasteiger partial charge < -0.3 is 0 Å². The van der Waals surface area contributed by atoms with Crippen LogP contribution in [-0.4, -0.2) is 15.0 Å². The summed E-state index contributed by atoms with van der Waals surface area (Å²) in [7, 11) is 0. The van der Waals surface area contributed by atoms with Crippen LogP contribution in [0.15, 0.2) is 163 Å². The Morgan fingerprint density at radius 3 is 1.13 bits per heavy atom. The first-order valence-electron chi connectivity index (χ1n) is 11.9. The van der Waals surface area contributed by atoms with E-state index in [0.29, 0.717) is 0 Å². The summed E-state index contributed by atoms with van der Waals surface area (Å²) >= 11 is 3.49. The fourth-order valence-electron chi connectivity index (χ4n) is 3.48. The molecule has 0 N–H and O–H groups in total. The Bertz CT molecular complexity index is 1300. The van der Waals surface area contributed by atoms with E-state index in [-0.39, 0.29) is 20.1 Å². The molecular formula is C33H26BrIrN3. The number of nitrogens with zero attached hydrogens (tertiary/aromatic N) is 3. The molecule has 3 aromatic heterocycles. The van der Waals surface area contributed by atoms with Crippen LogP contribution in [0, 0.1) is 0 Å². The van der Waals surface area contributed by atoms with Crippen LogP contribution >= 0.6 is 15.9 Å². The summed E-state index contributed by atoms with van der Waals surface area (Å²) in [6.07, 6.45) is 5.42. The molecule has 5 heteroatoms. The summed E-state index contributed by atoms with van der Waals surface area (Å²) in [6, 6.07) is 46.1. The van der Waals surface area contributed by atoms with Crippen molar-refractivity contribution in [2.75, 3.05) is 0 Å². The van der Waals surface area contributed by atoms with Crippen LogP contribution in [0.2, 0.25) is 0 Å². The molecule has 0 bridgehead atoms. The first-order chi connectivity index (χ1) is 18.3. The molecule has 3 heterocycles. The fourth-order valence-corrected chi connectivity index (χ4v) is 3.96. The molecule has 0 aliphatic heterocycles. The average Bonchev–Trinajstić information content (AvgIpc) is 3.00. The Hall–Kier alpha value is -3.76. The van der Waals surface area contributed by atoms with Crippen LogP contribution in [0.25, 0.3) is 33.8 Å². The molecule has 38 heavy (non-hydrogen) atoms. The van der Waals surface area contributed by atoms with E-state index in [0.717, 1.165) is 38.2 Å². The molecule has 0 saturated carbocycles. The Kier molecular flexibility index (Phi) is 12.2. The smallest absolute Gasteiger partial charge is 0.0713 e. The quantitative estimate of drug-likeness (QED) is 0.182. The van der Waals surface area contributed by atoms with Gasteiger partial charge in [0.05, 0.1) is 17.1 Å². The molecular weight excluding hydrogens is 711 g/mol. The van der Waals surface area contributed by atoms with Gasteiger partial charge in [0.25, 0.3) is 0 Å². The molecule has 0 unspecified atom stereocenters. The van der Waals surface area contributed by atoms with Crippen molar-refractivity contribution in [1.29, 1.82) is 0 Å². The Morgan fingerprint density at radius 1 is 0.368 bits per heavy atom. The summed E-state index contributed by atoms with van der Waals surface area (Å²) in [5, 5.41) is 0. The van der Waals surface area contributed by atoms with E-state index >= 15 is 0 Å². The number of benzene rings is 3. The van der Waals surface area contributed by atoms with E-state index in [1.165, 1.54) is 0 Å². The van der Waals surface area contributed by atoms with E-state index in [9.17, 15) is 0 Å². The first-order valence-corrected chi connectivity index (χ1v) is 12.7. The zero-order valence-corrected chi connectivity index (χ0v) is 24.5. The van der Waals surface area contributed by atoms with Crippen LogP contribution in [0.4, 0.5) is 0 Å². The Balaban J connectivity index is 0.000000156. The van der Waals surface area contributed by atoms with E-state index in [1.54, 1.807) is 6.20 Å². The zero-order valence-electron chi connectivity index (χ0n) is 20.6. The minimum atomic E-state index is 0. The third kappa shape index (κ3) is 8.97. The van der Waals surface area contributed by atoms with Gasteiger partial charge >= 0.3 is 0 Å². The van der Waals surface area contributed by atoms with E-state index < -0.39 is 0 Å².